The zero-order valence-electron chi connectivity index (χ0n) is 4.31. The van der Waals surface area contributed by atoms with Gasteiger partial charge in [-0.3, -0.25) is 0 Å². The standard InChI is InChI=1S/C4H9NOS/c1-6-4-2-3-7-5-4/h4-5H,2-3H2,1H3. The van der Waals surface area contributed by atoms with Gasteiger partial charge in [0.1, 0.15) is 6.23 Å². The molecule has 1 fully saturated rings. The Hall–Kier alpha value is 0.270. The molecule has 3 heteroatoms. The summed E-state index contributed by atoms with van der Waals surface area (Å²) in [6, 6.07) is 0. The molecule has 0 aromatic heterocycles. The van der Waals surface area contributed by atoms with Crippen LogP contribution in [-0.4, -0.2) is 19.1 Å². The van der Waals surface area contributed by atoms with Gasteiger partial charge in [-0.05, 0) is 6.42 Å². The van der Waals surface area contributed by atoms with Crippen LogP contribution in [0.1, 0.15) is 6.42 Å². The van der Waals surface area contributed by atoms with Crippen molar-refractivity contribution in [1.29, 1.82) is 0 Å². The third kappa shape index (κ3) is 1.33. The highest BCUT2D eigenvalue weighted by Gasteiger charge is 2.11. The van der Waals surface area contributed by atoms with Crippen LogP contribution in [0.3, 0.4) is 0 Å². The van der Waals surface area contributed by atoms with E-state index < -0.39 is 0 Å². The van der Waals surface area contributed by atoms with E-state index in [-0.39, 0.29) is 0 Å². The first kappa shape index (κ1) is 5.41. The molecule has 0 aromatic rings. The number of ether oxygens (including phenoxy) is 1. The van der Waals surface area contributed by atoms with Crippen LogP contribution in [0.4, 0.5) is 0 Å². The van der Waals surface area contributed by atoms with Crippen molar-refractivity contribution in [1.82, 2.24) is 4.72 Å². The van der Waals surface area contributed by atoms with Gasteiger partial charge in [0.15, 0.2) is 0 Å². The minimum atomic E-state index is 0.310. The Labute approximate surface area is 47.8 Å². The normalized spacial score (nSPS) is 31.3. The highest BCUT2D eigenvalue weighted by atomic mass is 32.2. The quantitative estimate of drug-likeness (QED) is 0.511. The van der Waals surface area contributed by atoms with Crippen molar-refractivity contribution < 1.29 is 4.74 Å². The van der Waals surface area contributed by atoms with E-state index >= 15 is 0 Å². The van der Waals surface area contributed by atoms with Gasteiger partial charge in [-0.25, -0.2) is 4.72 Å². The largest absolute Gasteiger partial charge is 0.366 e. The molecule has 42 valence electrons. The van der Waals surface area contributed by atoms with Gasteiger partial charge in [0.2, 0.25) is 0 Å². The van der Waals surface area contributed by atoms with Crippen LogP contribution in [0.5, 0.6) is 0 Å². The lowest BCUT2D eigenvalue weighted by Crippen LogP contribution is -2.17. The number of hydrogen-bond acceptors (Lipinski definition) is 3. The molecule has 2 nitrogen and oxygen atoms in total. The summed E-state index contributed by atoms with van der Waals surface area (Å²) in [5.41, 5.74) is 0. The molecule has 1 aliphatic heterocycles. The summed E-state index contributed by atoms with van der Waals surface area (Å²) in [7, 11) is 1.73. The summed E-state index contributed by atoms with van der Waals surface area (Å²) >= 11 is 1.73. The molecule has 0 saturated carbocycles. The molecular formula is C4H9NOS. The van der Waals surface area contributed by atoms with Gasteiger partial charge in [-0.15, -0.1) is 0 Å². The van der Waals surface area contributed by atoms with E-state index in [1.807, 2.05) is 0 Å². The number of nitrogens with one attached hydrogen (secondary N) is 1. The maximum absolute atomic E-state index is 4.98. The molecule has 1 saturated heterocycles. The van der Waals surface area contributed by atoms with E-state index in [9.17, 15) is 0 Å². The fourth-order valence-electron chi connectivity index (χ4n) is 0.543. The van der Waals surface area contributed by atoms with Crippen molar-refractivity contribution in [3.05, 3.63) is 0 Å². The monoisotopic (exact) mass is 119 g/mol. The van der Waals surface area contributed by atoms with E-state index in [0.29, 0.717) is 6.23 Å². The molecule has 0 aromatic carbocycles. The van der Waals surface area contributed by atoms with Gasteiger partial charge < -0.3 is 4.74 Å². The van der Waals surface area contributed by atoms with E-state index in [4.69, 9.17) is 4.74 Å². The molecule has 0 aliphatic carbocycles. The molecule has 0 radical (unpaired) electrons. The van der Waals surface area contributed by atoms with E-state index in [2.05, 4.69) is 4.72 Å². The van der Waals surface area contributed by atoms with Crippen LogP contribution in [0.2, 0.25) is 0 Å². The fourth-order valence-corrected chi connectivity index (χ4v) is 1.39. The topological polar surface area (TPSA) is 21.3 Å². The first-order valence-corrected chi connectivity index (χ1v) is 3.32. The third-order valence-corrected chi connectivity index (χ3v) is 1.85. The Morgan fingerprint density at radius 1 is 1.86 bits per heavy atom. The first-order chi connectivity index (χ1) is 3.43. The van der Waals surface area contributed by atoms with Gasteiger partial charge in [-0.2, -0.15) is 0 Å². The van der Waals surface area contributed by atoms with Crippen LogP contribution >= 0.6 is 11.9 Å². The molecule has 7 heavy (non-hydrogen) atoms. The third-order valence-electron chi connectivity index (χ3n) is 0.981. The zero-order valence-corrected chi connectivity index (χ0v) is 5.12. The summed E-state index contributed by atoms with van der Waals surface area (Å²) in [4.78, 5) is 0. The van der Waals surface area contributed by atoms with E-state index in [1.165, 1.54) is 5.75 Å². The number of rotatable bonds is 1. The second-order valence-electron chi connectivity index (χ2n) is 1.48. The fraction of sp³-hybridized carbons (Fsp3) is 1.00. The molecular weight excluding hydrogens is 110 g/mol. The molecule has 1 aliphatic rings. The lowest BCUT2D eigenvalue weighted by Gasteiger charge is -2.02. The van der Waals surface area contributed by atoms with Gasteiger partial charge >= 0.3 is 0 Å². The Morgan fingerprint density at radius 2 is 2.71 bits per heavy atom. The number of methoxy groups -OCH3 is 1. The molecule has 1 N–H and O–H groups in total. The van der Waals surface area contributed by atoms with Crippen molar-refractivity contribution in [3.8, 4) is 0 Å². The predicted octanol–water partition coefficient (Wildman–Crippen LogP) is 0.600. The Morgan fingerprint density at radius 3 is 3.00 bits per heavy atom. The highest BCUT2D eigenvalue weighted by Crippen LogP contribution is 2.11. The molecule has 0 spiro atoms. The Balaban J connectivity index is 2.14. The molecule has 1 rings (SSSR count). The molecule has 1 atom stereocenters. The maximum atomic E-state index is 4.98. The lowest BCUT2D eigenvalue weighted by molar-refractivity contribution is 0.100. The summed E-state index contributed by atoms with van der Waals surface area (Å²) < 4.78 is 8.08. The lowest BCUT2D eigenvalue weighted by atomic mass is 10.4. The smallest absolute Gasteiger partial charge is 0.117 e. The SMILES string of the molecule is COC1CCSN1. The summed E-state index contributed by atoms with van der Waals surface area (Å²) in [5.74, 6) is 1.18. The average Bonchev–Trinajstić information content (AvgIpc) is 2.14. The van der Waals surface area contributed by atoms with Crippen molar-refractivity contribution >= 4 is 11.9 Å². The summed E-state index contributed by atoms with van der Waals surface area (Å²) in [6.45, 7) is 0. The summed E-state index contributed by atoms with van der Waals surface area (Å²) in [5, 5.41) is 0. The molecule has 0 bridgehead atoms. The van der Waals surface area contributed by atoms with Gasteiger partial charge in [-0.1, -0.05) is 11.9 Å². The van der Waals surface area contributed by atoms with Crippen LogP contribution in [0.25, 0.3) is 0 Å². The first-order valence-electron chi connectivity index (χ1n) is 2.33. The van der Waals surface area contributed by atoms with E-state index in [0.717, 1.165) is 6.42 Å². The zero-order chi connectivity index (χ0) is 5.11. The second-order valence-corrected chi connectivity index (χ2v) is 2.41. The molecule has 0 amide bonds. The summed E-state index contributed by atoms with van der Waals surface area (Å²) in [6.07, 6.45) is 1.45. The van der Waals surface area contributed by atoms with Crippen molar-refractivity contribution in [2.45, 2.75) is 12.6 Å². The van der Waals surface area contributed by atoms with Gasteiger partial charge in [0.05, 0.1) is 0 Å². The van der Waals surface area contributed by atoms with E-state index in [1.54, 1.807) is 19.1 Å². The average molecular weight is 119 g/mol. The Kier molecular flexibility index (Phi) is 1.97. The predicted molar refractivity (Wildman–Crippen MR) is 31.0 cm³/mol. The maximum Gasteiger partial charge on any atom is 0.117 e. The highest BCUT2D eigenvalue weighted by molar-refractivity contribution is 7.97. The van der Waals surface area contributed by atoms with Crippen LogP contribution in [-0.2, 0) is 4.74 Å². The van der Waals surface area contributed by atoms with Gasteiger partial charge in [0.25, 0.3) is 0 Å². The molecule has 1 heterocycles. The molecule has 1 unspecified atom stereocenters. The van der Waals surface area contributed by atoms with Crippen molar-refractivity contribution in [3.63, 3.8) is 0 Å². The van der Waals surface area contributed by atoms with Crippen molar-refractivity contribution in [2.24, 2.45) is 0 Å². The van der Waals surface area contributed by atoms with Crippen LogP contribution in [0, 0.1) is 0 Å². The van der Waals surface area contributed by atoms with Crippen LogP contribution < -0.4 is 4.72 Å². The Bertz CT molecular complexity index is 53.7. The second kappa shape index (κ2) is 2.55. The minimum Gasteiger partial charge on any atom is -0.366 e. The van der Waals surface area contributed by atoms with Crippen LogP contribution in [0.15, 0.2) is 0 Å². The van der Waals surface area contributed by atoms with Gasteiger partial charge in [0, 0.05) is 12.9 Å². The minimum absolute atomic E-state index is 0.310. The van der Waals surface area contributed by atoms with Crippen molar-refractivity contribution in [2.75, 3.05) is 12.9 Å². The number of hydrogen-bond donors (Lipinski definition) is 1.